The molecular formula is C23H26N2O3. The molecule has 5 heteroatoms. The van der Waals surface area contributed by atoms with Crippen LogP contribution in [0.3, 0.4) is 0 Å². The van der Waals surface area contributed by atoms with Crippen LogP contribution in [-0.4, -0.2) is 44.2 Å². The van der Waals surface area contributed by atoms with Gasteiger partial charge in [-0.25, -0.2) is 0 Å². The SMILES string of the molecule is COc1ccc(OCCN2CCCCC2)c(/C=C2/C(=O)Nc3ccccc32)c1. The van der Waals surface area contributed by atoms with Gasteiger partial charge in [0.05, 0.1) is 7.11 Å². The van der Waals surface area contributed by atoms with Crippen molar-refractivity contribution >= 4 is 23.2 Å². The summed E-state index contributed by atoms with van der Waals surface area (Å²) < 4.78 is 11.5. The molecule has 2 aliphatic rings. The number of likely N-dealkylation sites (tertiary alicyclic amines) is 1. The molecule has 28 heavy (non-hydrogen) atoms. The summed E-state index contributed by atoms with van der Waals surface area (Å²) in [6.07, 6.45) is 5.76. The number of ether oxygens (including phenoxy) is 2. The third kappa shape index (κ3) is 4.04. The van der Waals surface area contributed by atoms with Gasteiger partial charge in [0.15, 0.2) is 0 Å². The second-order valence-electron chi connectivity index (χ2n) is 7.21. The van der Waals surface area contributed by atoms with Crippen LogP contribution >= 0.6 is 0 Å². The molecule has 5 nitrogen and oxygen atoms in total. The molecular weight excluding hydrogens is 352 g/mol. The van der Waals surface area contributed by atoms with Crippen molar-refractivity contribution in [3.8, 4) is 11.5 Å². The summed E-state index contributed by atoms with van der Waals surface area (Å²) in [4.78, 5) is 14.9. The smallest absolute Gasteiger partial charge is 0.256 e. The first kappa shape index (κ1) is 18.6. The Hall–Kier alpha value is -2.79. The molecule has 0 spiro atoms. The number of hydrogen-bond donors (Lipinski definition) is 1. The molecule has 0 saturated carbocycles. The maximum atomic E-state index is 12.5. The largest absolute Gasteiger partial charge is 0.497 e. The Morgan fingerprint density at radius 2 is 1.93 bits per heavy atom. The zero-order chi connectivity index (χ0) is 19.3. The molecule has 0 bridgehead atoms. The third-order valence-corrected chi connectivity index (χ3v) is 5.34. The van der Waals surface area contributed by atoms with Gasteiger partial charge in [0.2, 0.25) is 0 Å². The van der Waals surface area contributed by atoms with Crippen LogP contribution in [0, 0.1) is 0 Å². The number of carbonyl (C=O) groups excluding carboxylic acids is 1. The highest BCUT2D eigenvalue weighted by Crippen LogP contribution is 2.35. The van der Waals surface area contributed by atoms with Crippen molar-refractivity contribution in [2.75, 3.05) is 38.7 Å². The lowest BCUT2D eigenvalue weighted by Gasteiger charge is -2.26. The second-order valence-corrected chi connectivity index (χ2v) is 7.21. The van der Waals surface area contributed by atoms with E-state index in [1.165, 1.54) is 19.3 Å². The summed E-state index contributed by atoms with van der Waals surface area (Å²) in [6.45, 7) is 3.86. The molecule has 0 radical (unpaired) electrons. The molecule has 2 aromatic carbocycles. The topological polar surface area (TPSA) is 50.8 Å². The van der Waals surface area contributed by atoms with Crippen molar-refractivity contribution in [1.82, 2.24) is 4.90 Å². The number of amides is 1. The Balaban J connectivity index is 1.56. The highest BCUT2D eigenvalue weighted by atomic mass is 16.5. The predicted molar refractivity (Wildman–Crippen MR) is 112 cm³/mol. The number of nitrogens with one attached hydrogen (secondary N) is 1. The normalized spacial score (nSPS) is 18.0. The fourth-order valence-electron chi connectivity index (χ4n) is 3.80. The van der Waals surface area contributed by atoms with Crippen LogP contribution in [0.1, 0.15) is 30.4 Å². The molecule has 0 atom stereocenters. The lowest BCUT2D eigenvalue weighted by Crippen LogP contribution is -2.33. The summed E-state index contributed by atoms with van der Waals surface area (Å²) in [5, 5.41) is 2.92. The second kappa shape index (κ2) is 8.48. The van der Waals surface area contributed by atoms with Crippen LogP contribution in [0.15, 0.2) is 42.5 Å². The van der Waals surface area contributed by atoms with Crippen LogP contribution in [-0.2, 0) is 4.79 Å². The highest BCUT2D eigenvalue weighted by molar-refractivity contribution is 6.35. The number of hydrogen-bond acceptors (Lipinski definition) is 4. The minimum atomic E-state index is -0.0942. The van der Waals surface area contributed by atoms with Gasteiger partial charge in [-0.2, -0.15) is 0 Å². The van der Waals surface area contributed by atoms with Crippen LogP contribution in [0.4, 0.5) is 5.69 Å². The van der Waals surface area contributed by atoms with Gasteiger partial charge in [0.25, 0.3) is 5.91 Å². The van der Waals surface area contributed by atoms with E-state index < -0.39 is 0 Å². The maximum absolute atomic E-state index is 12.5. The molecule has 0 aliphatic carbocycles. The van der Waals surface area contributed by atoms with Crippen LogP contribution < -0.4 is 14.8 Å². The molecule has 0 aromatic heterocycles. The highest BCUT2D eigenvalue weighted by Gasteiger charge is 2.24. The minimum Gasteiger partial charge on any atom is -0.497 e. The lowest BCUT2D eigenvalue weighted by molar-refractivity contribution is -0.110. The minimum absolute atomic E-state index is 0.0942. The van der Waals surface area contributed by atoms with Gasteiger partial charge >= 0.3 is 0 Å². The van der Waals surface area contributed by atoms with Gasteiger partial charge in [-0.3, -0.25) is 9.69 Å². The Morgan fingerprint density at radius 3 is 2.75 bits per heavy atom. The van der Waals surface area contributed by atoms with Crippen molar-refractivity contribution in [2.45, 2.75) is 19.3 Å². The number of rotatable bonds is 6. The zero-order valence-electron chi connectivity index (χ0n) is 16.2. The number of para-hydroxylation sites is 1. The fourth-order valence-corrected chi connectivity index (χ4v) is 3.80. The Bertz CT molecular complexity index is 885. The van der Waals surface area contributed by atoms with E-state index in [9.17, 15) is 4.79 Å². The molecule has 1 saturated heterocycles. The molecule has 4 rings (SSSR count). The Morgan fingerprint density at radius 1 is 1.11 bits per heavy atom. The first-order chi connectivity index (χ1) is 13.7. The standard InChI is InChI=1S/C23H26N2O3/c1-27-18-9-10-22(28-14-13-25-11-5-2-6-12-25)17(15-18)16-20-19-7-3-4-8-21(19)24-23(20)26/h3-4,7-10,15-16H,2,5-6,11-14H2,1H3,(H,24,26)/b20-16+. The molecule has 1 amide bonds. The molecule has 2 aliphatic heterocycles. The lowest BCUT2D eigenvalue weighted by atomic mass is 10.0. The molecule has 2 heterocycles. The number of piperidine rings is 1. The number of carbonyl (C=O) groups is 1. The number of anilines is 1. The van der Waals surface area contributed by atoms with E-state index in [1.54, 1.807) is 7.11 Å². The molecule has 146 valence electrons. The number of benzene rings is 2. The molecule has 1 fully saturated rings. The van der Waals surface area contributed by atoms with Crippen LogP contribution in [0.25, 0.3) is 11.6 Å². The van der Waals surface area contributed by atoms with Crippen LogP contribution in [0.2, 0.25) is 0 Å². The summed E-state index contributed by atoms with van der Waals surface area (Å²) in [7, 11) is 1.64. The summed E-state index contributed by atoms with van der Waals surface area (Å²) in [5.41, 5.74) is 3.24. The maximum Gasteiger partial charge on any atom is 0.256 e. The van der Waals surface area contributed by atoms with E-state index >= 15 is 0 Å². The van der Waals surface area contributed by atoms with E-state index in [0.717, 1.165) is 47.9 Å². The molecule has 0 unspecified atom stereocenters. The predicted octanol–water partition coefficient (Wildman–Crippen LogP) is 4.05. The van der Waals surface area contributed by atoms with Gasteiger partial charge < -0.3 is 14.8 Å². The average molecular weight is 378 g/mol. The van der Waals surface area contributed by atoms with E-state index in [4.69, 9.17) is 9.47 Å². The van der Waals surface area contributed by atoms with E-state index in [-0.39, 0.29) is 5.91 Å². The summed E-state index contributed by atoms with van der Waals surface area (Å²) >= 11 is 0. The van der Waals surface area contributed by atoms with E-state index in [2.05, 4.69) is 10.2 Å². The van der Waals surface area contributed by atoms with Gasteiger partial charge in [-0.1, -0.05) is 24.6 Å². The van der Waals surface area contributed by atoms with Gasteiger partial charge in [0.1, 0.15) is 18.1 Å². The number of nitrogens with zero attached hydrogens (tertiary/aromatic N) is 1. The summed E-state index contributed by atoms with van der Waals surface area (Å²) in [6, 6.07) is 13.4. The number of methoxy groups -OCH3 is 1. The van der Waals surface area contributed by atoms with Gasteiger partial charge in [0, 0.05) is 28.9 Å². The zero-order valence-corrected chi connectivity index (χ0v) is 16.2. The van der Waals surface area contributed by atoms with Crippen molar-refractivity contribution in [2.24, 2.45) is 0 Å². The van der Waals surface area contributed by atoms with E-state index in [1.807, 2.05) is 48.5 Å². The Labute approximate surface area is 165 Å². The Kier molecular flexibility index (Phi) is 5.63. The van der Waals surface area contributed by atoms with Crippen molar-refractivity contribution < 1.29 is 14.3 Å². The quantitative estimate of drug-likeness (QED) is 0.771. The van der Waals surface area contributed by atoms with Crippen LogP contribution in [0.5, 0.6) is 11.5 Å². The average Bonchev–Trinajstić information content (AvgIpc) is 3.05. The first-order valence-electron chi connectivity index (χ1n) is 9.90. The monoisotopic (exact) mass is 378 g/mol. The molecule has 1 N–H and O–H groups in total. The van der Waals surface area contributed by atoms with Crippen molar-refractivity contribution in [3.63, 3.8) is 0 Å². The van der Waals surface area contributed by atoms with Gasteiger partial charge in [-0.15, -0.1) is 0 Å². The molecule has 2 aromatic rings. The van der Waals surface area contributed by atoms with Gasteiger partial charge in [-0.05, 0) is 56.3 Å². The number of fused-ring (bicyclic) bond motifs is 1. The summed E-state index contributed by atoms with van der Waals surface area (Å²) in [5.74, 6) is 1.41. The first-order valence-corrected chi connectivity index (χ1v) is 9.90. The third-order valence-electron chi connectivity index (χ3n) is 5.34. The van der Waals surface area contributed by atoms with E-state index in [0.29, 0.717) is 12.2 Å². The van der Waals surface area contributed by atoms with Crippen molar-refractivity contribution in [3.05, 3.63) is 53.6 Å². The fraction of sp³-hybridized carbons (Fsp3) is 0.348. The van der Waals surface area contributed by atoms with Crippen molar-refractivity contribution in [1.29, 1.82) is 0 Å².